The number of aliphatic imine (C=N–C) groups is 1. The van der Waals surface area contributed by atoms with Crippen molar-refractivity contribution in [3.8, 4) is 0 Å². The van der Waals surface area contributed by atoms with Crippen LogP contribution in [-0.4, -0.2) is 45.6 Å². The summed E-state index contributed by atoms with van der Waals surface area (Å²) in [4.78, 5) is 6.93. The first-order chi connectivity index (χ1) is 11.8. The molecule has 2 aromatic rings. The molecular formula is C18H27IN6. The number of pyridine rings is 1. The first kappa shape index (κ1) is 18.4. The number of hydrogen-bond acceptors (Lipinski definition) is 3. The van der Waals surface area contributed by atoms with E-state index in [9.17, 15) is 0 Å². The lowest BCUT2D eigenvalue weighted by Crippen LogP contribution is -2.41. The number of rotatable bonds is 2. The highest BCUT2D eigenvalue weighted by atomic mass is 127. The van der Waals surface area contributed by atoms with Crippen LogP contribution >= 0.6 is 24.0 Å². The molecule has 1 saturated heterocycles. The van der Waals surface area contributed by atoms with Crippen molar-refractivity contribution in [3.05, 3.63) is 30.2 Å². The number of nitrogens with one attached hydrogen (secondary N) is 1. The predicted molar refractivity (Wildman–Crippen MR) is 110 cm³/mol. The van der Waals surface area contributed by atoms with Gasteiger partial charge in [-0.15, -0.1) is 34.2 Å². The molecule has 25 heavy (non-hydrogen) atoms. The first-order valence-electron chi connectivity index (χ1n) is 9.04. The molecule has 0 amide bonds. The highest BCUT2D eigenvalue weighted by molar-refractivity contribution is 14.0. The standard InChI is InChI=1S/C18H26N6.HI/c1-19-17(23-12-10-18(14-23)8-4-2-5-9-18)20-13-16-22-21-15-7-3-6-11-24(15)16;/h3,6-7,11H,2,4-5,8-10,12-14H2,1H3,(H,19,20);1H. The molecule has 0 atom stereocenters. The normalized spacial score (nSPS) is 20.0. The Kier molecular flexibility index (Phi) is 5.81. The Balaban J connectivity index is 0.00000182. The molecule has 7 heteroatoms. The number of fused-ring (bicyclic) bond motifs is 1. The number of hydrogen-bond donors (Lipinski definition) is 1. The van der Waals surface area contributed by atoms with E-state index in [2.05, 4.69) is 25.4 Å². The third-order valence-corrected chi connectivity index (χ3v) is 5.65. The van der Waals surface area contributed by atoms with Gasteiger partial charge in [0.05, 0.1) is 6.54 Å². The Morgan fingerprint density at radius 1 is 1.20 bits per heavy atom. The van der Waals surface area contributed by atoms with Crippen molar-refractivity contribution in [2.24, 2.45) is 10.4 Å². The van der Waals surface area contributed by atoms with Gasteiger partial charge in [-0.1, -0.05) is 25.3 Å². The van der Waals surface area contributed by atoms with Gasteiger partial charge in [-0.05, 0) is 36.8 Å². The topological polar surface area (TPSA) is 57.8 Å². The molecule has 0 bridgehead atoms. The van der Waals surface area contributed by atoms with Crippen LogP contribution in [0.25, 0.3) is 5.65 Å². The number of nitrogens with zero attached hydrogens (tertiary/aromatic N) is 5. The Labute approximate surface area is 166 Å². The molecule has 136 valence electrons. The van der Waals surface area contributed by atoms with Gasteiger partial charge in [0.25, 0.3) is 0 Å². The zero-order valence-corrected chi connectivity index (χ0v) is 17.1. The minimum Gasteiger partial charge on any atom is -0.349 e. The molecule has 4 rings (SSSR count). The molecule has 1 aliphatic carbocycles. The fourth-order valence-corrected chi connectivity index (χ4v) is 4.33. The first-order valence-corrected chi connectivity index (χ1v) is 9.04. The highest BCUT2D eigenvalue weighted by Gasteiger charge is 2.39. The van der Waals surface area contributed by atoms with Crippen molar-refractivity contribution in [2.75, 3.05) is 20.1 Å². The number of guanidine groups is 1. The molecule has 3 heterocycles. The summed E-state index contributed by atoms with van der Waals surface area (Å²) in [5.41, 5.74) is 1.42. The van der Waals surface area contributed by atoms with Crippen LogP contribution in [0.1, 0.15) is 44.3 Å². The largest absolute Gasteiger partial charge is 0.349 e. The van der Waals surface area contributed by atoms with Gasteiger partial charge in [-0.3, -0.25) is 9.39 Å². The number of halogens is 1. The second-order valence-electron chi connectivity index (χ2n) is 7.18. The second kappa shape index (κ2) is 7.88. The maximum atomic E-state index is 4.50. The summed E-state index contributed by atoms with van der Waals surface area (Å²) < 4.78 is 2.02. The summed E-state index contributed by atoms with van der Waals surface area (Å²) in [5.74, 6) is 1.91. The van der Waals surface area contributed by atoms with Crippen LogP contribution in [0.4, 0.5) is 0 Å². The Morgan fingerprint density at radius 3 is 2.84 bits per heavy atom. The zero-order valence-electron chi connectivity index (χ0n) is 14.8. The summed E-state index contributed by atoms with van der Waals surface area (Å²) in [6, 6.07) is 5.95. The minimum atomic E-state index is 0. The van der Waals surface area contributed by atoms with Crippen LogP contribution in [0, 0.1) is 5.41 Å². The Bertz CT molecular complexity index is 734. The summed E-state index contributed by atoms with van der Waals surface area (Å²) in [7, 11) is 1.87. The summed E-state index contributed by atoms with van der Waals surface area (Å²) in [5, 5.41) is 12.0. The Hall–Kier alpha value is -1.38. The molecule has 2 fully saturated rings. The lowest BCUT2D eigenvalue weighted by molar-refractivity contribution is 0.203. The SMILES string of the molecule is CN=C(NCc1nnc2ccccn12)N1CCC2(CCCCC2)C1.I. The van der Waals surface area contributed by atoms with Gasteiger partial charge in [-0.2, -0.15) is 0 Å². The highest BCUT2D eigenvalue weighted by Crippen LogP contribution is 2.43. The van der Waals surface area contributed by atoms with E-state index in [1.54, 1.807) is 0 Å². The molecule has 0 aromatic carbocycles. The van der Waals surface area contributed by atoms with Crippen LogP contribution in [0.5, 0.6) is 0 Å². The molecule has 1 spiro atoms. The summed E-state index contributed by atoms with van der Waals surface area (Å²) >= 11 is 0. The van der Waals surface area contributed by atoms with Crippen molar-refractivity contribution in [2.45, 2.75) is 45.1 Å². The molecule has 1 N–H and O–H groups in total. The molecule has 0 radical (unpaired) electrons. The van der Waals surface area contributed by atoms with Gasteiger partial charge in [0.1, 0.15) is 0 Å². The molecular weight excluding hydrogens is 427 g/mol. The molecule has 1 aliphatic heterocycles. The molecule has 6 nitrogen and oxygen atoms in total. The van der Waals surface area contributed by atoms with Gasteiger partial charge in [0.15, 0.2) is 17.4 Å². The molecule has 1 saturated carbocycles. The maximum Gasteiger partial charge on any atom is 0.194 e. The van der Waals surface area contributed by atoms with Gasteiger partial charge in [0, 0.05) is 26.3 Å². The van der Waals surface area contributed by atoms with Crippen molar-refractivity contribution in [3.63, 3.8) is 0 Å². The monoisotopic (exact) mass is 454 g/mol. The average Bonchev–Trinajstić information content (AvgIpc) is 3.21. The van der Waals surface area contributed by atoms with E-state index in [4.69, 9.17) is 0 Å². The predicted octanol–water partition coefficient (Wildman–Crippen LogP) is 3.08. The van der Waals surface area contributed by atoms with Crippen molar-refractivity contribution in [1.29, 1.82) is 0 Å². The van der Waals surface area contributed by atoms with Gasteiger partial charge in [0.2, 0.25) is 0 Å². The van der Waals surface area contributed by atoms with Crippen LogP contribution in [-0.2, 0) is 6.54 Å². The summed E-state index contributed by atoms with van der Waals surface area (Å²) in [6.45, 7) is 2.90. The van der Waals surface area contributed by atoms with E-state index in [0.29, 0.717) is 12.0 Å². The van der Waals surface area contributed by atoms with Crippen LogP contribution in [0.2, 0.25) is 0 Å². The second-order valence-corrected chi connectivity index (χ2v) is 7.18. The third-order valence-electron chi connectivity index (χ3n) is 5.65. The van der Waals surface area contributed by atoms with E-state index in [1.165, 1.54) is 38.5 Å². The van der Waals surface area contributed by atoms with Crippen LogP contribution < -0.4 is 5.32 Å². The smallest absolute Gasteiger partial charge is 0.194 e. The average molecular weight is 454 g/mol. The maximum absolute atomic E-state index is 4.50. The molecule has 2 aliphatic rings. The van der Waals surface area contributed by atoms with E-state index >= 15 is 0 Å². The summed E-state index contributed by atoms with van der Waals surface area (Å²) in [6.07, 6.45) is 10.3. The van der Waals surface area contributed by atoms with Gasteiger partial charge in [-0.25, -0.2) is 0 Å². The third kappa shape index (κ3) is 3.75. The van der Waals surface area contributed by atoms with Crippen molar-refractivity contribution in [1.82, 2.24) is 24.8 Å². The zero-order chi connectivity index (χ0) is 16.4. The lowest BCUT2D eigenvalue weighted by Gasteiger charge is -2.33. The van der Waals surface area contributed by atoms with E-state index in [1.807, 2.05) is 35.8 Å². The van der Waals surface area contributed by atoms with Crippen LogP contribution in [0.15, 0.2) is 29.4 Å². The number of likely N-dealkylation sites (tertiary alicyclic amines) is 1. The van der Waals surface area contributed by atoms with Gasteiger partial charge < -0.3 is 10.2 Å². The van der Waals surface area contributed by atoms with E-state index < -0.39 is 0 Å². The van der Waals surface area contributed by atoms with E-state index in [0.717, 1.165) is 30.5 Å². The van der Waals surface area contributed by atoms with E-state index in [-0.39, 0.29) is 24.0 Å². The Morgan fingerprint density at radius 2 is 2.04 bits per heavy atom. The molecule has 2 aromatic heterocycles. The number of aromatic nitrogens is 3. The van der Waals surface area contributed by atoms with Crippen LogP contribution in [0.3, 0.4) is 0 Å². The van der Waals surface area contributed by atoms with Crippen molar-refractivity contribution < 1.29 is 0 Å². The van der Waals surface area contributed by atoms with Gasteiger partial charge >= 0.3 is 0 Å². The lowest BCUT2D eigenvalue weighted by atomic mass is 9.73. The molecule has 0 unspecified atom stereocenters. The van der Waals surface area contributed by atoms with Crippen molar-refractivity contribution >= 4 is 35.6 Å². The minimum absolute atomic E-state index is 0. The quantitative estimate of drug-likeness (QED) is 0.431. The fraction of sp³-hybridized carbons (Fsp3) is 0.611. The fourth-order valence-electron chi connectivity index (χ4n) is 4.33.